The second kappa shape index (κ2) is 7.60. The van der Waals surface area contributed by atoms with Gasteiger partial charge in [-0.2, -0.15) is 0 Å². The maximum atomic E-state index is 13.4. The molecule has 0 aliphatic heterocycles. The summed E-state index contributed by atoms with van der Waals surface area (Å²) < 4.78 is 32.3. The molecule has 0 unspecified atom stereocenters. The Labute approximate surface area is 141 Å². The van der Waals surface area contributed by atoms with Crippen molar-refractivity contribution in [3.63, 3.8) is 0 Å². The SMILES string of the molecule is CNc1c([N+](=O)[O-])ncc(Oc2ccnc(CC(C)=O)c2)c1C(F)F. The second-order valence-electron chi connectivity index (χ2n) is 5.01. The first-order valence-corrected chi connectivity index (χ1v) is 7.08. The van der Waals surface area contributed by atoms with Crippen LogP contribution in [0.5, 0.6) is 11.5 Å². The summed E-state index contributed by atoms with van der Waals surface area (Å²) in [6.07, 6.45) is -0.726. The number of alkyl halides is 2. The summed E-state index contributed by atoms with van der Waals surface area (Å²) in [5, 5.41) is 13.3. The lowest BCUT2D eigenvalue weighted by Gasteiger charge is -2.13. The monoisotopic (exact) mass is 352 g/mol. The molecular formula is C15H14F2N4O4. The zero-order chi connectivity index (χ0) is 18.6. The highest BCUT2D eigenvalue weighted by atomic mass is 19.3. The second-order valence-corrected chi connectivity index (χ2v) is 5.01. The van der Waals surface area contributed by atoms with Crippen LogP contribution in [0.3, 0.4) is 0 Å². The van der Waals surface area contributed by atoms with Crippen molar-refractivity contribution in [2.24, 2.45) is 0 Å². The van der Waals surface area contributed by atoms with Gasteiger partial charge >= 0.3 is 5.82 Å². The normalized spacial score (nSPS) is 10.6. The van der Waals surface area contributed by atoms with Gasteiger partial charge in [-0.05, 0) is 22.9 Å². The highest BCUT2D eigenvalue weighted by Crippen LogP contribution is 2.41. The molecule has 10 heteroatoms. The number of Topliss-reactive ketones (excluding diaryl/α,β-unsaturated/α-hetero) is 1. The van der Waals surface area contributed by atoms with Gasteiger partial charge in [-0.25, -0.2) is 8.78 Å². The number of hydrogen-bond donors (Lipinski definition) is 1. The van der Waals surface area contributed by atoms with Crippen LogP contribution < -0.4 is 10.1 Å². The molecule has 0 aliphatic rings. The topological polar surface area (TPSA) is 107 Å². The Morgan fingerprint density at radius 1 is 1.44 bits per heavy atom. The van der Waals surface area contributed by atoms with E-state index in [1.165, 1.54) is 32.3 Å². The highest BCUT2D eigenvalue weighted by Gasteiger charge is 2.29. The minimum absolute atomic E-state index is 0.0686. The third-order valence-electron chi connectivity index (χ3n) is 3.15. The number of rotatable bonds is 7. The Morgan fingerprint density at radius 3 is 2.72 bits per heavy atom. The van der Waals surface area contributed by atoms with Gasteiger partial charge in [0.25, 0.3) is 6.43 Å². The smallest absolute Gasteiger partial charge is 0.387 e. The summed E-state index contributed by atoms with van der Waals surface area (Å²) in [6, 6.07) is 2.84. The Bertz CT molecular complexity index is 814. The van der Waals surface area contributed by atoms with Crippen LogP contribution in [0.15, 0.2) is 24.5 Å². The van der Waals surface area contributed by atoms with Gasteiger partial charge in [-0.3, -0.25) is 9.78 Å². The quantitative estimate of drug-likeness (QED) is 0.602. The molecule has 8 nitrogen and oxygen atoms in total. The average molecular weight is 352 g/mol. The molecule has 132 valence electrons. The highest BCUT2D eigenvalue weighted by molar-refractivity contribution is 5.77. The van der Waals surface area contributed by atoms with Crippen LogP contribution >= 0.6 is 0 Å². The van der Waals surface area contributed by atoms with E-state index in [1.54, 1.807) is 0 Å². The van der Waals surface area contributed by atoms with Crippen LogP contribution in [0.2, 0.25) is 0 Å². The number of ether oxygens (including phenoxy) is 1. The minimum Gasteiger partial charge on any atom is -0.453 e. The van der Waals surface area contributed by atoms with Gasteiger partial charge in [0.1, 0.15) is 17.2 Å². The van der Waals surface area contributed by atoms with Crippen molar-refractivity contribution < 1.29 is 23.2 Å². The number of nitrogens with one attached hydrogen (secondary N) is 1. The van der Waals surface area contributed by atoms with Crippen molar-refractivity contribution >= 4 is 17.3 Å². The molecule has 0 amide bonds. The van der Waals surface area contributed by atoms with Gasteiger partial charge in [-0.1, -0.05) is 0 Å². The van der Waals surface area contributed by atoms with Crippen LogP contribution in [0, 0.1) is 10.1 Å². The van der Waals surface area contributed by atoms with E-state index in [0.717, 1.165) is 6.20 Å². The number of pyridine rings is 2. The van der Waals surface area contributed by atoms with Gasteiger partial charge in [-0.15, -0.1) is 0 Å². The summed E-state index contributed by atoms with van der Waals surface area (Å²) in [7, 11) is 1.27. The first-order valence-electron chi connectivity index (χ1n) is 7.08. The predicted molar refractivity (Wildman–Crippen MR) is 84.1 cm³/mol. The molecule has 0 radical (unpaired) electrons. The molecule has 2 aromatic rings. The van der Waals surface area contributed by atoms with E-state index in [0.29, 0.717) is 5.69 Å². The standard InChI is InChI=1S/C15H14F2N4O4/c1-8(22)5-9-6-10(3-4-19-9)25-11-7-20-15(21(23)24)13(18-2)12(11)14(16)17/h3-4,6-7,14,18H,5H2,1-2H3. The minimum atomic E-state index is -3.03. The molecule has 2 aromatic heterocycles. The van der Waals surface area contributed by atoms with Crippen molar-refractivity contribution in [1.82, 2.24) is 9.97 Å². The Hall–Kier alpha value is -3.17. The zero-order valence-electron chi connectivity index (χ0n) is 13.3. The van der Waals surface area contributed by atoms with Gasteiger partial charge in [0.05, 0.1) is 11.3 Å². The molecule has 0 aliphatic carbocycles. The summed E-state index contributed by atoms with van der Waals surface area (Å²) in [5.41, 5.74) is -0.683. The first kappa shape index (κ1) is 18.2. The average Bonchev–Trinajstić information content (AvgIpc) is 2.53. The summed E-state index contributed by atoms with van der Waals surface area (Å²) in [5.74, 6) is -1.01. The molecule has 0 atom stereocenters. The van der Waals surface area contributed by atoms with Crippen molar-refractivity contribution in [2.75, 3.05) is 12.4 Å². The van der Waals surface area contributed by atoms with Crippen molar-refractivity contribution in [3.05, 3.63) is 45.9 Å². The number of hydrogen-bond acceptors (Lipinski definition) is 7. The maximum Gasteiger partial charge on any atom is 0.387 e. The lowest BCUT2D eigenvalue weighted by molar-refractivity contribution is -0.388. The third-order valence-corrected chi connectivity index (χ3v) is 3.15. The van der Waals surface area contributed by atoms with Crippen molar-refractivity contribution in [1.29, 1.82) is 0 Å². The fourth-order valence-corrected chi connectivity index (χ4v) is 2.18. The number of ketones is 1. The number of anilines is 1. The van der Waals surface area contributed by atoms with Crippen LogP contribution in [-0.2, 0) is 11.2 Å². The van der Waals surface area contributed by atoms with E-state index in [9.17, 15) is 23.7 Å². The Morgan fingerprint density at radius 2 is 2.16 bits per heavy atom. The third kappa shape index (κ3) is 4.22. The molecule has 0 saturated heterocycles. The summed E-state index contributed by atoms with van der Waals surface area (Å²) in [6.45, 7) is 1.39. The predicted octanol–water partition coefficient (Wildman–Crippen LogP) is 3.29. The van der Waals surface area contributed by atoms with Crippen LogP contribution in [0.4, 0.5) is 20.3 Å². The molecule has 2 rings (SSSR count). The molecule has 1 N–H and O–H groups in total. The Kier molecular flexibility index (Phi) is 5.52. The van der Waals surface area contributed by atoms with E-state index < -0.39 is 28.4 Å². The molecule has 0 bridgehead atoms. The summed E-state index contributed by atoms with van der Waals surface area (Å²) >= 11 is 0. The number of carbonyl (C=O) groups is 1. The van der Waals surface area contributed by atoms with Gasteiger partial charge in [0.2, 0.25) is 0 Å². The fraction of sp³-hybridized carbons (Fsp3) is 0.267. The molecular weight excluding hydrogens is 338 g/mol. The maximum absolute atomic E-state index is 13.4. The molecule has 2 heterocycles. The van der Waals surface area contributed by atoms with Crippen molar-refractivity contribution in [2.45, 2.75) is 19.8 Å². The molecule has 0 saturated carbocycles. The number of nitrogens with zero attached hydrogens (tertiary/aromatic N) is 3. The number of carbonyl (C=O) groups excluding carboxylic acids is 1. The van der Waals surface area contributed by atoms with Gasteiger partial charge < -0.3 is 20.2 Å². The molecule has 0 spiro atoms. The lowest BCUT2D eigenvalue weighted by Crippen LogP contribution is -2.06. The number of halogens is 2. The van der Waals surface area contributed by atoms with E-state index >= 15 is 0 Å². The van der Waals surface area contributed by atoms with Gasteiger partial charge in [0, 0.05) is 25.7 Å². The van der Waals surface area contributed by atoms with Crippen LogP contribution in [0.1, 0.15) is 24.6 Å². The Balaban J connectivity index is 2.46. The van der Waals surface area contributed by atoms with Crippen LogP contribution in [0.25, 0.3) is 0 Å². The van der Waals surface area contributed by atoms with E-state index in [1.807, 2.05) is 0 Å². The lowest BCUT2D eigenvalue weighted by atomic mass is 10.2. The largest absolute Gasteiger partial charge is 0.453 e. The zero-order valence-corrected chi connectivity index (χ0v) is 13.3. The van der Waals surface area contributed by atoms with Gasteiger partial charge in [0.15, 0.2) is 11.9 Å². The van der Waals surface area contributed by atoms with Crippen molar-refractivity contribution in [3.8, 4) is 11.5 Å². The summed E-state index contributed by atoms with van der Waals surface area (Å²) in [4.78, 5) is 28.8. The number of aromatic nitrogens is 2. The van der Waals surface area contributed by atoms with Crippen LogP contribution in [-0.4, -0.2) is 27.7 Å². The van der Waals surface area contributed by atoms with E-state index in [4.69, 9.17) is 4.74 Å². The fourth-order valence-electron chi connectivity index (χ4n) is 2.18. The van der Waals surface area contributed by atoms with E-state index in [-0.39, 0.29) is 23.7 Å². The number of nitro groups is 1. The first-order chi connectivity index (χ1) is 11.8. The molecule has 0 aromatic carbocycles. The molecule has 0 fully saturated rings. The molecule has 25 heavy (non-hydrogen) atoms. The van der Waals surface area contributed by atoms with E-state index in [2.05, 4.69) is 15.3 Å².